The van der Waals surface area contributed by atoms with E-state index in [1.807, 2.05) is 30.1 Å². The molecule has 2 aromatic rings. The number of para-hydroxylation sites is 1. The van der Waals surface area contributed by atoms with Crippen LogP contribution < -0.4 is 5.32 Å². The second-order valence-corrected chi connectivity index (χ2v) is 7.06. The number of amides is 1. The first-order chi connectivity index (χ1) is 10.1. The maximum atomic E-state index is 12.0. The molecule has 1 fully saturated rings. The summed E-state index contributed by atoms with van der Waals surface area (Å²) < 4.78 is 1.20. The summed E-state index contributed by atoms with van der Waals surface area (Å²) in [6.07, 6.45) is 2.51. The number of carbonyl (C=O) groups excluding carboxylic acids is 1. The van der Waals surface area contributed by atoms with Crippen molar-refractivity contribution in [1.29, 1.82) is 0 Å². The topological polar surface area (TPSA) is 45.2 Å². The Morgan fingerprint density at radius 1 is 1.48 bits per heavy atom. The molecule has 4 nitrogen and oxygen atoms in total. The van der Waals surface area contributed by atoms with Gasteiger partial charge >= 0.3 is 0 Å². The van der Waals surface area contributed by atoms with E-state index in [1.54, 1.807) is 11.3 Å². The van der Waals surface area contributed by atoms with Crippen molar-refractivity contribution in [1.82, 2.24) is 15.2 Å². The number of aromatic nitrogens is 1. The minimum absolute atomic E-state index is 0.109. The third-order valence-electron chi connectivity index (χ3n) is 3.87. The van der Waals surface area contributed by atoms with Crippen molar-refractivity contribution in [2.75, 3.05) is 13.6 Å². The molecule has 21 heavy (non-hydrogen) atoms. The van der Waals surface area contributed by atoms with Crippen LogP contribution >= 0.6 is 11.3 Å². The largest absolute Gasteiger partial charge is 0.352 e. The molecule has 1 aromatic heterocycles. The molecule has 1 saturated carbocycles. The van der Waals surface area contributed by atoms with Gasteiger partial charge in [-0.05, 0) is 44.9 Å². The molecular formula is C16H21N3OS. The van der Waals surface area contributed by atoms with Crippen LogP contribution in [0.3, 0.4) is 0 Å². The SMILES string of the molecule is C[C@@H](NC(=O)CN(C)Cc1nc2ccccc2s1)C1CC1. The monoisotopic (exact) mass is 303 g/mol. The van der Waals surface area contributed by atoms with Crippen molar-refractivity contribution in [3.63, 3.8) is 0 Å². The van der Waals surface area contributed by atoms with Crippen molar-refractivity contribution >= 4 is 27.5 Å². The van der Waals surface area contributed by atoms with Crippen LogP contribution in [-0.2, 0) is 11.3 Å². The predicted molar refractivity (Wildman–Crippen MR) is 86.3 cm³/mol. The van der Waals surface area contributed by atoms with E-state index in [2.05, 4.69) is 23.3 Å². The van der Waals surface area contributed by atoms with Crippen molar-refractivity contribution in [3.8, 4) is 0 Å². The van der Waals surface area contributed by atoms with Crippen LogP contribution in [0.15, 0.2) is 24.3 Å². The first kappa shape index (κ1) is 14.5. The van der Waals surface area contributed by atoms with Gasteiger partial charge in [0.1, 0.15) is 5.01 Å². The van der Waals surface area contributed by atoms with E-state index in [-0.39, 0.29) is 5.91 Å². The van der Waals surface area contributed by atoms with Crippen LogP contribution in [0.1, 0.15) is 24.8 Å². The highest BCUT2D eigenvalue weighted by Gasteiger charge is 2.28. The average Bonchev–Trinajstić information content (AvgIpc) is 3.19. The van der Waals surface area contributed by atoms with E-state index in [9.17, 15) is 4.79 Å². The number of nitrogens with one attached hydrogen (secondary N) is 1. The van der Waals surface area contributed by atoms with Gasteiger partial charge in [0.25, 0.3) is 0 Å². The van der Waals surface area contributed by atoms with E-state index in [0.29, 0.717) is 25.0 Å². The Bertz CT molecular complexity index is 602. The van der Waals surface area contributed by atoms with Gasteiger partial charge < -0.3 is 5.32 Å². The molecule has 3 rings (SSSR count). The summed E-state index contributed by atoms with van der Waals surface area (Å²) >= 11 is 1.70. The smallest absolute Gasteiger partial charge is 0.234 e. The lowest BCUT2D eigenvalue weighted by Gasteiger charge is -2.17. The molecule has 0 saturated heterocycles. The predicted octanol–water partition coefficient (Wildman–Crippen LogP) is 2.64. The zero-order chi connectivity index (χ0) is 14.8. The molecule has 1 aromatic carbocycles. The Kier molecular flexibility index (Phi) is 4.22. The van der Waals surface area contributed by atoms with Crippen LogP contribution in [0, 0.1) is 5.92 Å². The van der Waals surface area contributed by atoms with Crippen molar-refractivity contribution in [2.24, 2.45) is 5.92 Å². The summed E-state index contributed by atoms with van der Waals surface area (Å²) in [5.41, 5.74) is 1.04. The summed E-state index contributed by atoms with van der Waals surface area (Å²) in [5, 5.41) is 4.14. The summed E-state index contributed by atoms with van der Waals surface area (Å²) in [6.45, 7) is 3.24. The second kappa shape index (κ2) is 6.12. The molecule has 0 spiro atoms. The van der Waals surface area contributed by atoms with Gasteiger partial charge in [0.15, 0.2) is 0 Å². The number of nitrogens with zero attached hydrogens (tertiary/aromatic N) is 2. The molecular weight excluding hydrogens is 282 g/mol. The van der Waals surface area contributed by atoms with Gasteiger partial charge in [-0.2, -0.15) is 0 Å². The van der Waals surface area contributed by atoms with Crippen LogP contribution in [0.4, 0.5) is 0 Å². The second-order valence-electron chi connectivity index (χ2n) is 5.94. The van der Waals surface area contributed by atoms with Crippen molar-refractivity contribution < 1.29 is 4.79 Å². The number of rotatable bonds is 6. The summed E-state index contributed by atoms with van der Waals surface area (Å²) in [6, 6.07) is 8.46. The van der Waals surface area contributed by atoms with E-state index in [4.69, 9.17) is 0 Å². The number of carbonyl (C=O) groups is 1. The van der Waals surface area contributed by atoms with Gasteiger partial charge in [-0.3, -0.25) is 9.69 Å². The van der Waals surface area contributed by atoms with Crippen LogP contribution in [0.5, 0.6) is 0 Å². The molecule has 1 aliphatic rings. The first-order valence-corrected chi connectivity index (χ1v) is 8.26. The fraction of sp³-hybridized carbons (Fsp3) is 0.500. The average molecular weight is 303 g/mol. The molecule has 0 bridgehead atoms. The summed E-state index contributed by atoms with van der Waals surface area (Å²) in [7, 11) is 1.97. The molecule has 0 aliphatic heterocycles. The molecule has 1 amide bonds. The van der Waals surface area contributed by atoms with Gasteiger partial charge in [-0.15, -0.1) is 11.3 Å². The molecule has 0 unspecified atom stereocenters. The standard InChI is InChI=1S/C16H21N3OS/c1-11(12-7-8-12)17-15(20)9-19(2)10-16-18-13-5-3-4-6-14(13)21-16/h3-6,11-12H,7-10H2,1-2H3,(H,17,20)/t11-/m1/s1. The maximum Gasteiger partial charge on any atom is 0.234 e. The van der Waals surface area contributed by atoms with Crippen LogP contribution in [-0.4, -0.2) is 35.4 Å². The number of thiazole rings is 1. The van der Waals surface area contributed by atoms with E-state index in [1.165, 1.54) is 17.5 Å². The Hall–Kier alpha value is -1.46. The third kappa shape index (κ3) is 3.80. The Balaban J connectivity index is 1.53. The highest BCUT2D eigenvalue weighted by Crippen LogP contribution is 2.32. The lowest BCUT2D eigenvalue weighted by Crippen LogP contribution is -2.40. The van der Waals surface area contributed by atoms with E-state index < -0.39 is 0 Å². The molecule has 1 aliphatic carbocycles. The lowest BCUT2D eigenvalue weighted by molar-refractivity contribution is -0.122. The summed E-state index contributed by atoms with van der Waals surface area (Å²) in [5.74, 6) is 0.807. The number of benzene rings is 1. The molecule has 1 N–H and O–H groups in total. The quantitative estimate of drug-likeness (QED) is 0.892. The van der Waals surface area contributed by atoms with E-state index in [0.717, 1.165) is 10.5 Å². The number of likely N-dealkylation sites (N-methyl/N-ethyl adjacent to an activating group) is 1. The number of hydrogen-bond acceptors (Lipinski definition) is 4. The molecule has 1 heterocycles. The maximum absolute atomic E-state index is 12.0. The number of hydrogen-bond donors (Lipinski definition) is 1. The zero-order valence-corrected chi connectivity index (χ0v) is 13.3. The van der Waals surface area contributed by atoms with Gasteiger partial charge in [0.2, 0.25) is 5.91 Å². The Morgan fingerprint density at radius 3 is 2.95 bits per heavy atom. The Morgan fingerprint density at radius 2 is 2.24 bits per heavy atom. The fourth-order valence-corrected chi connectivity index (χ4v) is 3.58. The highest BCUT2D eigenvalue weighted by atomic mass is 32.1. The normalized spacial score (nSPS) is 16.3. The highest BCUT2D eigenvalue weighted by molar-refractivity contribution is 7.18. The fourth-order valence-electron chi connectivity index (χ4n) is 2.53. The van der Waals surface area contributed by atoms with Crippen molar-refractivity contribution in [2.45, 2.75) is 32.4 Å². The van der Waals surface area contributed by atoms with Crippen molar-refractivity contribution in [3.05, 3.63) is 29.3 Å². The molecule has 5 heteroatoms. The minimum atomic E-state index is 0.109. The Labute approximate surface area is 129 Å². The lowest BCUT2D eigenvalue weighted by atomic mass is 10.2. The van der Waals surface area contributed by atoms with Gasteiger partial charge in [0.05, 0.1) is 23.3 Å². The van der Waals surface area contributed by atoms with Gasteiger partial charge in [-0.1, -0.05) is 12.1 Å². The zero-order valence-electron chi connectivity index (χ0n) is 12.5. The minimum Gasteiger partial charge on any atom is -0.352 e. The molecule has 0 radical (unpaired) electrons. The molecule has 1 atom stereocenters. The van der Waals surface area contributed by atoms with Crippen LogP contribution in [0.25, 0.3) is 10.2 Å². The number of fused-ring (bicyclic) bond motifs is 1. The third-order valence-corrected chi connectivity index (χ3v) is 4.90. The van der Waals surface area contributed by atoms with Gasteiger partial charge in [-0.25, -0.2) is 4.98 Å². The van der Waals surface area contributed by atoms with E-state index >= 15 is 0 Å². The molecule has 112 valence electrons. The van der Waals surface area contributed by atoms with Gasteiger partial charge in [0, 0.05) is 6.04 Å². The van der Waals surface area contributed by atoms with Crippen LogP contribution in [0.2, 0.25) is 0 Å². The first-order valence-electron chi connectivity index (χ1n) is 7.44. The summed E-state index contributed by atoms with van der Waals surface area (Å²) in [4.78, 5) is 18.6.